The molecule has 0 bridgehead atoms. The molecule has 42 heavy (non-hydrogen) atoms. The van der Waals surface area contributed by atoms with Gasteiger partial charge in [0.1, 0.15) is 17.4 Å². The highest BCUT2D eigenvalue weighted by atomic mass is 35.5. The third-order valence-corrected chi connectivity index (χ3v) is 7.09. The van der Waals surface area contributed by atoms with Crippen molar-refractivity contribution in [3.63, 3.8) is 0 Å². The first kappa shape index (κ1) is 31.1. The van der Waals surface area contributed by atoms with Crippen molar-refractivity contribution in [2.24, 2.45) is 5.73 Å². The van der Waals surface area contributed by atoms with Gasteiger partial charge in [-0.15, -0.1) is 0 Å². The number of benzene rings is 3. The van der Waals surface area contributed by atoms with Crippen LogP contribution in [0.3, 0.4) is 0 Å². The van der Waals surface area contributed by atoms with E-state index in [1.807, 2.05) is 30.3 Å². The lowest BCUT2D eigenvalue weighted by Crippen LogP contribution is -2.41. The molecule has 4 rings (SSSR count). The number of rotatable bonds is 14. The molecule has 220 valence electrons. The van der Waals surface area contributed by atoms with E-state index in [9.17, 15) is 18.4 Å². The molecule has 4 aromatic rings. The van der Waals surface area contributed by atoms with Gasteiger partial charge in [-0.3, -0.25) is 9.59 Å². The van der Waals surface area contributed by atoms with Crippen molar-refractivity contribution in [1.82, 2.24) is 15.5 Å². The van der Waals surface area contributed by atoms with E-state index >= 15 is 0 Å². The molecular weight excluding hydrogens is 589 g/mol. The van der Waals surface area contributed by atoms with Crippen LogP contribution in [0.1, 0.15) is 57.3 Å². The van der Waals surface area contributed by atoms with Gasteiger partial charge in [0.15, 0.2) is 0 Å². The lowest BCUT2D eigenvalue weighted by atomic mass is 10.0. The number of nitrogens with two attached hydrogens (primary N) is 1. The summed E-state index contributed by atoms with van der Waals surface area (Å²) in [5.74, 6) is -2.65. The van der Waals surface area contributed by atoms with Gasteiger partial charge in [0, 0.05) is 12.5 Å². The molecule has 0 spiro atoms. The molecule has 0 fully saturated rings. The number of ketones is 1. The van der Waals surface area contributed by atoms with Crippen LogP contribution in [0.25, 0.3) is 0 Å². The highest BCUT2D eigenvalue weighted by Crippen LogP contribution is 2.23. The van der Waals surface area contributed by atoms with Crippen LogP contribution in [-0.2, 0) is 12.8 Å². The molecule has 1 heterocycles. The maximum atomic E-state index is 14.1. The van der Waals surface area contributed by atoms with Gasteiger partial charge in [0.25, 0.3) is 5.91 Å². The Morgan fingerprint density at radius 2 is 1.74 bits per heavy atom. The first-order valence-corrected chi connectivity index (χ1v) is 14.0. The van der Waals surface area contributed by atoms with E-state index in [0.29, 0.717) is 54.3 Å². The van der Waals surface area contributed by atoms with Crippen LogP contribution in [-0.4, -0.2) is 41.0 Å². The second kappa shape index (κ2) is 14.9. The number of nitrogens with one attached hydrogen (secondary N) is 1. The van der Waals surface area contributed by atoms with Crippen molar-refractivity contribution in [2.75, 3.05) is 13.2 Å². The Labute approximate surface area is 251 Å². The minimum absolute atomic E-state index is 0.197. The monoisotopic (exact) mass is 616 g/mol. The lowest BCUT2D eigenvalue weighted by molar-refractivity contribution is 0.0841. The van der Waals surface area contributed by atoms with E-state index in [0.717, 1.165) is 23.3 Å². The number of nitrogens with zero attached hydrogens (tertiary/aromatic N) is 2. The topological polar surface area (TPSA) is 120 Å². The van der Waals surface area contributed by atoms with Crippen LogP contribution in [0.2, 0.25) is 10.0 Å². The summed E-state index contributed by atoms with van der Waals surface area (Å²) in [5.41, 5.74) is 7.02. The van der Waals surface area contributed by atoms with Crippen LogP contribution >= 0.6 is 23.2 Å². The van der Waals surface area contributed by atoms with Crippen LogP contribution in [0.15, 0.2) is 65.2 Å². The molecule has 0 aliphatic heterocycles. The third kappa shape index (κ3) is 8.58. The van der Waals surface area contributed by atoms with Gasteiger partial charge in [0.2, 0.25) is 17.5 Å². The summed E-state index contributed by atoms with van der Waals surface area (Å²) in [4.78, 5) is 30.0. The van der Waals surface area contributed by atoms with Crippen molar-refractivity contribution in [3.8, 4) is 5.75 Å². The fourth-order valence-corrected chi connectivity index (χ4v) is 4.43. The van der Waals surface area contributed by atoms with Crippen molar-refractivity contribution in [3.05, 3.63) is 111 Å². The van der Waals surface area contributed by atoms with Gasteiger partial charge in [0.05, 0.1) is 34.7 Å². The summed E-state index contributed by atoms with van der Waals surface area (Å²) in [6, 6.07) is 14.3. The Morgan fingerprint density at radius 1 is 0.976 bits per heavy atom. The second-order valence-electron chi connectivity index (χ2n) is 9.48. The van der Waals surface area contributed by atoms with E-state index in [4.69, 9.17) is 38.2 Å². The molecule has 0 aliphatic carbocycles. The highest BCUT2D eigenvalue weighted by molar-refractivity contribution is 6.42. The van der Waals surface area contributed by atoms with Crippen LogP contribution in [0, 0.1) is 11.6 Å². The van der Waals surface area contributed by atoms with E-state index < -0.39 is 29.4 Å². The number of carbonyl (C=O) groups excluding carboxylic acids is 2. The van der Waals surface area contributed by atoms with E-state index in [1.165, 1.54) is 0 Å². The normalized spacial score (nSPS) is 11.7. The number of hydrogen-bond acceptors (Lipinski definition) is 7. The quantitative estimate of drug-likeness (QED) is 0.132. The molecular formula is C30H28Cl2F2N4O4. The molecule has 1 atom stereocenters. The molecule has 1 unspecified atom stereocenters. The zero-order chi connectivity index (χ0) is 30.1. The van der Waals surface area contributed by atoms with Gasteiger partial charge in [-0.2, -0.15) is 4.98 Å². The molecule has 3 aromatic carbocycles. The maximum Gasteiger partial charge on any atom is 0.254 e. The van der Waals surface area contributed by atoms with Crippen molar-refractivity contribution in [2.45, 2.75) is 38.1 Å². The van der Waals surface area contributed by atoms with E-state index in [1.54, 1.807) is 12.1 Å². The van der Waals surface area contributed by atoms with E-state index in [2.05, 4.69) is 15.5 Å². The smallest absolute Gasteiger partial charge is 0.254 e. The summed E-state index contributed by atoms with van der Waals surface area (Å²) in [5, 5.41) is 7.30. The van der Waals surface area contributed by atoms with Gasteiger partial charge < -0.3 is 20.3 Å². The lowest BCUT2D eigenvalue weighted by Gasteiger charge is -2.16. The minimum Gasteiger partial charge on any atom is -0.493 e. The van der Waals surface area contributed by atoms with Gasteiger partial charge >= 0.3 is 0 Å². The van der Waals surface area contributed by atoms with Gasteiger partial charge in [-0.25, -0.2) is 8.78 Å². The summed E-state index contributed by atoms with van der Waals surface area (Å²) >= 11 is 12.0. The number of Topliss-reactive ketones (excluding diaryl/α,β-unsaturated/α-hetero) is 1. The van der Waals surface area contributed by atoms with Gasteiger partial charge in [-0.1, -0.05) is 46.6 Å². The zero-order valence-corrected chi connectivity index (χ0v) is 23.9. The molecule has 3 N–H and O–H groups in total. The van der Waals surface area contributed by atoms with Crippen molar-refractivity contribution >= 4 is 34.9 Å². The Bertz CT molecular complexity index is 1530. The number of hydrogen-bond donors (Lipinski definition) is 2. The summed E-state index contributed by atoms with van der Waals surface area (Å²) in [7, 11) is 0. The van der Waals surface area contributed by atoms with Crippen molar-refractivity contribution in [1.29, 1.82) is 0 Å². The SMILES string of the molecule is NCCCCC(NC(=O)c1ccc(F)cc1F)C(=O)c1noc(Cc2ccc(OCCc3ccc(Cl)c(Cl)c3)cc2)n1. The van der Waals surface area contributed by atoms with Crippen LogP contribution in [0.5, 0.6) is 5.75 Å². The van der Waals surface area contributed by atoms with Crippen LogP contribution < -0.4 is 15.8 Å². The predicted molar refractivity (Wildman–Crippen MR) is 154 cm³/mol. The van der Waals surface area contributed by atoms with Crippen molar-refractivity contribution < 1.29 is 27.6 Å². The number of carbonyl (C=O) groups is 2. The summed E-state index contributed by atoms with van der Waals surface area (Å²) < 4.78 is 38.5. The number of unbranched alkanes of at least 4 members (excludes halogenated alkanes) is 1. The first-order chi connectivity index (χ1) is 20.2. The molecule has 12 heteroatoms. The average Bonchev–Trinajstić information content (AvgIpc) is 3.43. The summed E-state index contributed by atoms with van der Waals surface area (Å²) in [6.07, 6.45) is 2.27. The molecule has 0 saturated carbocycles. The summed E-state index contributed by atoms with van der Waals surface area (Å²) in [6.45, 7) is 0.845. The Hall–Kier alpha value is -3.86. The number of halogens is 4. The first-order valence-electron chi connectivity index (χ1n) is 13.2. The second-order valence-corrected chi connectivity index (χ2v) is 10.3. The Kier molecular flexibility index (Phi) is 11.0. The van der Waals surface area contributed by atoms with E-state index in [-0.39, 0.29) is 30.1 Å². The fourth-order valence-electron chi connectivity index (χ4n) is 4.11. The number of ether oxygens (including phenoxy) is 1. The molecule has 8 nitrogen and oxygen atoms in total. The Morgan fingerprint density at radius 3 is 2.45 bits per heavy atom. The van der Waals surface area contributed by atoms with Crippen LogP contribution in [0.4, 0.5) is 8.78 Å². The van der Waals surface area contributed by atoms with Gasteiger partial charge in [-0.05, 0) is 73.3 Å². The molecule has 0 aliphatic rings. The molecule has 1 aromatic heterocycles. The largest absolute Gasteiger partial charge is 0.493 e. The molecule has 0 radical (unpaired) electrons. The number of amides is 1. The fraction of sp³-hybridized carbons (Fsp3) is 0.267. The average molecular weight is 617 g/mol. The maximum absolute atomic E-state index is 14.1. The molecule has 1 amide bonds. The highest BCUT2D eigenvalue weighted by Gasteiger charge is 2.27. The molecule has 0 saturated heterocycles. The predicted octanol–water partition coefficient (Wildman–Crippen LogP) is 5.98. The number of aromatic nitrogens is 2. The Balaban J connectivity index is 1.35. The minimum atomic E-state index is -1.06. The zero-order valence-electron chi connectivity index (χ0n) is 22.4. The third-order valence-electron chi connectivity index (χ3n) is 6.36. The standard InChI is InChI=1S/C30H28Cl2F2N4O4/c31-23-11-6-19(15-24(23)32)12-14-41-21-8-4-18(5-9-21)16-27-37-29(38-42-27)28(39)26(3-1-2-13-35)36-30(40)22-10-7-20(33)17-25(22)34/h4-11,15,17,26H,1-3,12-14,16,35H2,(H,36,40).